The zero-order valence-electron chi connectivity index (χ0n) is 41.1. The number of hydrogen-bond donors (Lipinski definition) is 0. The lowest BCUT2D eigenvalue weighted by molar-refractivity contribution is 1.29. The second-order valence-corrected chi connectivity index (χ2v) is 19.3. The number of fused-ring (bicyclic) bond motifs is 8. The lowest BCUT2D eigenvalue weighted by Gasteiger charge is -2.28. The number of para-hydroxylation sites is 2. The van der Waals surface area contributed by atoms with E-state index in [1.54, 1.807) is 0 Å². The van der Waals surface area contributed by atoms with Gasteiger partial charge in [0.2, 0.25) is 0 Å². The van der Waals surface area contributed by atoms with Crippen molar-refractivity contribution < 1.29 is 0 Å². The standard InChI is InChI=1S/C72H49N3/c1-4-16-50(17-5-1)51-34-36-60(37-35-51)73(61-38-42-65-54(46-61)30-32-56-48-63(40-44-67(56)65)74(58-22-6-2-7-23-58)71-28-14-20-52-18-10-12-26-69(52)71)62-39-43-66-55(47-62)31-33-57-49-64(41-45-68(57)66)75(59-24-8-3-9-25-59)72-29-15-21-53-19-11-13-27-70(53)72/h1-49H. The Balaban J connectivity index is 0.860. The minimum absolute atomic E-state index is 1.09. The maximum Gasteiger partial charge on any atom is 0.0540 e. The number of rotatable bonds is 10. The highest BCUT2D eigenvalue weighted by Gasteiger charge is 2.20. The van der Waals surface area contributed by atoms with Gasteiger partial charge in [-0.1, -0.05) is 200 Å². The Morgan fingerprint density at radius 1 is 0.160 bits per heavy atom. The molecule has 3 nitrogen and oxygen atoms in total. The first kappa shape index (κ1) is 43.8. The molecule has 0 aliphatic heterocycles. The molecule has 14 aromatic rings. The molecular weight excluding hydrogens is 907 g/mol. The summed E-state index contributed by atoms with van der Waals surface area (Å²) in [4.78, 5) is 7.16. The molecule has 0 aliphatic rings. The van der Waals surface area contributed by atoms with Gasteiger partial charge in [-0.05, 0) is 162 Å². The van der Waals surface area contributed by atoms with Crippen molar-refractivity contribution in [2.24, 2.45) is 0 Å². The SMILES string of the molecule is c1ccc(-c2ccc(N(c3ccc4c(ccc5cc(N(c6ccccc6)c6cccc7ccccc67)ccc54)c3)c3ccc4c(ccc5cc(N(c6ccccc6)c6cccc7ccccc67)ccc54)c3)cc2)cc1. The first-order chi connectivity index (χ1) is 37.2. The minimum Gasteiger partial charge on any atom is -0.310 e. The minimum atomic E-state index is 1.09. The molecule has 0 atom stereocenters. The van der Waals surface area contributed by atoms with E-state index in [0.717, 1.165) is 51.2 Å². The van der Waals surface area contributed by atoms with E-state index < -0.39 is 0 Å². The van der Waals surface area contributed by atoms with Crippen LogP contribution in [0.4, 0.5) is 51.2 Å². The van der Waals surface area contributed by atoms with Gasteiger partial charge in [-0.15, -0.1) is 0 Å². The van der Waals surface area contributed by atoms with E-state index in [4.69, 9.17) is 0 Å². The Morgan fingerprint density at radius 2 is 0.467 bits per heavy atom. The smallest absolute Gasteiger partial charge is 0.0540 e. The van der Waals surface area contributed by atoms with E-state index in [1.807, 2.05) is 0 Å². The highest BCUT2D eigenvalue weighted by Crippen LogP contribution is 2.45. The van der Waals surface area contributed by atoms with Gasteiger partial charge >= 0.3 is 0 Å². The summed E-state index contributed by atoms with van der Waals surface area (Å²) in [6, 6.07) is 108. The summed E-state index contributed by atoms with van der Waals surface area (Å²) in [7, 11) is 0. The number of anilines is 9. The third kappa shape index (κ3) is 7.95. The average Bonchev–Trinajstić information content (AvgIpc) is 3.48. The lowest BCUT2D eigenvalue weighted by atomic mass is 9.98. The maximum atomic E-state index is 2.40. The van der Waals surface area contributed by atoms with Crippen molar-refractivity contribution in [2.45, 2.75) is 0 Å². The Morgan fingerprint density at radius 3 is 0.880 bits per heavy atom. The summed E-state index contributed by atoms with van der Waals surface area (Å²) in [5.74, 6) is 0. The summed E-state index contributed by atoms with van der Waals surface area (Å²) < 4.78 is 0. The van der Waals surface area contributed by atoms with Crippen LogP contribution in [0.3, 0.4) is 0 Å². The van der Waals surface area contributed by atoms with E-state index >= 15 is 0 Å². The van der Waals surface area contributed by atoms with Crippen LogP contribution in [0.15, 0.2) is 297 Å². The molecule has 0 amide bonds. The molecule has 14 rings (SSSR count). The van der Waals surface area contributed by atoms with Gasteiger partial charge in [0, 0.05) is 50.6 Å². The van der Waals surface area contributed by atoms with Crippen molar-refractivity contribution in [3.63, 3.8) is 0 Å². The van der Waals surface area contributed by atoms with Crippen LogP contribution in [0.2, 0.25) is 0 Å². The molecule has 0 aromatic heterocycles. The summed E-state index contributed by atoms with van der Waals surface area (Å²) in [6.07, 6.45) is 0. The van der Waals surface area contributed by atoms with Gasteiger partial charge in [-0.3, -0.25) is 0 Å². The molecule has 352 valence electrons. The molecule has 0 bridgehead atoms. The van der Waals surface area contributed by atoms with E-state index in [0.29, 0.717) is 0 Å². The first-order valence-electron chi connectivity index (χ1n) is 25.7. The van der Waals surface area contributed by atoms with Gasteiger partial charge in [-0.25, -0.2) is 0 Å². The van der Waals surface area contributed by atoms with Crippen LogP contribution in [-0.2, 0) is 0 Å². The van der Waals surface area contributed by atoms with Crippen molar-refractivity contribution in [3.8, 4) is 11.1 Å². The monoisotopic (exact) mass is 955 g/mol. The van der Waals surface area contributed by atoms with Crippen LogP contribution in [0, 0.1) is 0 Å². The van der Waals surface area contributed by atoms with Crippen LogP contribution in [0.25, 0.3) is 75.8 Å². The van der Waals surface area contributed by atoms with Gasteiger partial charge in [0.15, 0.2) is 0 Å². The fraction of sp³-hybridized carbons (Fsp3) is 0. The molecule has 0 aliphatic carbocycles. The van der Waals surface area contributed by atoms with E-state index in [2.05, 4.69) is 312 Å². The third-order valence-corrected chi connectivity index (χ3v) is 14.9. The predicted molar refractivity (Wildman–Crippen MR) is 321 cm³/mol. The molecule has 0 radical (unpaired) electrons. The zero-order valence-corrected chi connectivity index (χ0v) is 41.1. The number of benzene rings is 14. The quantitative estimate of drug-likeness (QED) is 0.127. The summed E-state index contributed by atoms with van der Waals surface area (Å²) >= 11 is 0. The Hall–Kier alpha value is -9.96. The largest absolute Gasteiger partial charge is 0.310 e. The molecule has 0 unspecified atom stereocenters. The van der Waals surface area contributed by atoms with Gasteiger partial charge in [0.25, 0.3) is 0 Å². The van der Waals surface area contributed by atoms with Crippen LogP contribution in [0.5, 0.6) is 0 Å². The molecule has 0 N–H and O–H groups in total. The highest BCUT2D eigenvalue weighted by atomic mass is 15.2. The van der Waals surface area contributed by atoms with Crippen molar-refractivity contribution in [3.05, 3.63) is 297 Å². The fourth-order valence-electron chi connectivity index (χ4n) is 11.3. The van der Waals surface area contributed by atoms with Gasteiger partial charge in [0.1, 0.15) is 0 Å². The third-order valence-electron chi connectivity index (χ3n) is 14.9. The summed E-state index contributed by atoms with van der Waals surface area (Å²) in [5.41, 5.74) is 12.4. The average molecular weight is 956 g/mol. The molecule has 75 heavy (non-hydrogen) atoms. The van der Waals surface area contributed by atoms with E-state index in [-0.39, 0.29) is 0 Å². The van der Waals surface area contributed by atoms with E-state index in [1.165, 1.54) is 75.8 Å². The van der Waals surface area contributed by atoms with Crippen molar-refractivity contribution >= 4 is 116 Å². The Kier molecular flexibility index (Phi) is 10.8. The fourth-order valence-corrected chi connectivity index (χ4v) is 11.3. The molecule has 0 heterocycles. The molecule has 0 saturated carbocycles. The Labute approximate surface area is 436 Å². The van der Waals surface area contributed by atoms with Crippen LogP contribution < -0.4 is 14.7 Å². The zero-order chi connectivity index (χ0) is 49.7. The van der Waals surface area contributed by atoms with Crippen molar-refractivity contribution in [2.75, 3.05) is 14.7 Å². The molecule has 0 saturated heterocycles. The highest BCUT2D eigenvalue weighted by molar-refractivity contribution is 6.12. The van der Waals surface area contributed by atoms with Gasteiger partial charge < -0.3 is 14.7 Å². The number of nitrogens with zero attached hydrogens (tertiary/aromatic N) is 3. The first-order valence-corrected chi connectivity index (χ1v) is 25.7. The topological polar surface area (TPSA) is 9.72 Å². The van der Waals surface area contributed by atoms with Crippen molar-refractivity contribution in [1.82, 2.24) is 0 Å². The summed E-state index contributed by atoms with van der Waals surface area (Å²) in [5, 5.41) is 14.5. The second kappa shape index (κ2) is 18.6. The molecule has 14 aromatic carbocycles. The second-order valence-electron chi connectivity index (χ2n) is 19.3. The number of hydrogen-bond acceptors (Lipinski definition) is 3. The molecule has 3 heteroatoms. The Bertz CT molecular complexity index is 4160. The van der Waals surface area contributed by atoms with Gasteiger partial charge in [0.05, 0.1) is 11.4 Å². The van der Waals surface area contributed by atoms with Crippen LogP contribution in [-0.4, -0.2) is 0 Å². The van der Waals surface area contributed by atoms with E-state index in [9.17, 15) is 0 Å². The van der Waals surface area contributed by atoms with Crippen molar-refractivity contribution in [1.29, 1.82) is 0 Å². The molecular formula is C72H49N3. The maximum absolute atomic E-state index is 2.40. The summed E-state index contributed by atoms with van der Waals surface area (Å²) in [6.45, 7) is 0. The molecule has 0 spiro atoms. The van der Waals surface area contributed by atoms with Crippen LogP contribution in [0.1, 0.15) is 0 Å². The normalized spacial score (nSPS) is 11.5. The van der Waals surface area contributed by atoms with Gasteiger partial charge in [-0.2, -0.15) is 0 Å². The predicted octanol–water partition coefficient (Wildman–Crippen LogP) is 20.7. The lowest BCUT2D eigenvalue weighted by Crippen LogP contribution is -2.10. The van der Waals surface area contributed by atoms with Crippen LogP contribution >= 0.6 is 0 Å². The molecule has 0 fully saturated rings.